The third-order valence-electron chi connectivity index (χ3n) is 7.84. The average molecular weight is 488 g/mol. The number of amides is 1. The van der Waals surface area contributed by atoms with Gasteiger partial charge in [-0.2, -0.15) is 0 Å². The van der Waals surface area contributed by atoms with Crippen molar-refractivity contribution in [3.8, 4) is 0 Å². The number of anilines is 2. The average Bonchev–Trinajstić information content (AvgIpc) is 3.19. The number of carbonyl (C=O) groups excluding carboxylic acids is 1. The fourth-order valence-corrected chi connectivity index (χ4v) is 6.50. The lowest BCUT2D eigenvalue weighted by Gasteiger charge is -2.44. The van der Waals surface area contributed by atoms with E-state index in [-0.39, 0.29) is 17.9 Å². The Bertz CT molecular complexity index is 1020. The zero-order valence-electron chi connectivity index (χ0n) is 19.3. The van der Waals surface area contributed by atoms with E-state index in [1.165, 1.54) is 6.42 Å². The molecule has 3 N–H and O–H groups in total. The van der Waals surface area contributed by atoms with E-state index in [9.17, 15) is 13.6 Å². The first-order valence-electron chi connectivity index (χ1n) is 12.6. The summed E-state index contributed by atoms with van der Waals surface area (Å²) in [4.78, 5) is 14.1. The van der Waals surface area contributed by atoms with Gasteiger partial charge >= 0.3 is 0 Å². The highest BCUT2D eigenvalue weighted by Crippen LogP contribution is 2.50. The van der Waals surface area contributed by atoms with Crippen LogP contribution in [0.5, 0.6) is 0 Å². The maximum Gasteiger partial charge on any atom is 0.228 e. The van der Waals surface area contributed by atoms with Gasteiger partial charge in [0.1, 0.15) is 5.66 Å². The molecule has 2 aromatic carbocycles. The van der Waals surface area contributed by atoms with Gasteiger partial charge < -0.3 is 16.0 Å². The van der Waals surface area contributed by atoms with Crippen LogP contribution in [0.3, 0.4) is 0 Å². The van der Waals surface area contributed by atoms with Crippen molar-refractivity contribution in [2.45, 2.75) is 75.9 Å². The standard InChI is InChI=1S/C27H32ClF2N3O/c28-20-14-8-7-13-19(20)27(32-23-15-21(29)22(30)16-24(23)33-27)25(17-9-3-1-4-10-17)26(34)31-18-11-5-2-6-12-18/h7-8,13-18,25,32-33H,1-6,9-12H2,(H,31,34). The Kier molecular flexibility index (Phi) is 6.70. The van der Waals surface area contributed by atoms with Crippen LogP contribution in [0.15, 0.2) is 36.4 Å². The molecule has 34 heavy (non-hydrogen) atoms. The molecular formula is C27H32ClF2N3O. The normalized spacial score (nSPS) is 21.3. The molecular weight excluding hydrogens is 456 g/mol. The van der Waals surface area contributed by atoms with Crippen molar-refractivity contribution in [1.82, 2.24) is 5.32 Å². The maximum absolute atomic E-state index is 14.2. The predicted octanol–water partition coefficient (Wildman–Crippen LogP) is 6.95. The number of halogens is 3. The molecule has 5 rings (SSSR count). The molecule has 1 heterocycles. The molecule has 3 aliphatic rings. The highest BCUT2D eigenvalue weighted by molar-refractivity contribution is 6.31. The fourth-order valence-electron chi connectivity index (χ4n) is 6.22. The Morgan fingerprint density at radius 3 is 2.06 bits per heavy atom. The SMILES string of the molecule is O=C(NC1CCCCC1)C(C1CCCCC1)C1(c2ccccc2Cl)Nc2cc(F)c(F)cc2N1. The van der Waals surface area contributed by atoms with Gasteiger partial charge in [0.25, 0.3) is 0 Å². The van der Waals surface area contributed by atoms with Crippen LogP contribution < -0.4 is 16.0 Å². The molecule has 1 aliphatic heterocycles. The van der Waals surface area contributed by atoms with E-state index >= 15 is 0 Å². The smallest absolute Gasteiger partial charge is 0.228 e. The van der Waals surface area contributed by atoms with Gasteiger partial charge in [0, 0.05) is 28.8 Å². The van der Waals surface area contributed by atoms with Crippen LogP contribution >= 0.6 is 11.6 Å². The van der Waals surface area contributed by atoms with Crippen LogP contribution in [0.25, 0.3) is 0 Å². The summed E-state index contributed by atoms with van der Waals surface area (Å²) in [5, 5.41) is 10.7. The van der Waals surface area contributed by atoms with Crippen LogP contribution in [0.4, 0.5) is 20.2 Å². The van der Waals surface area contributed by atoms with Gasteiger partial charge in [0.2, 0.25) is 5.91 Å². The molecule has 182 valence electrons. The van der Waals surface area contributed by atoms with E-state index in [2.05, 4.69) is 16.0 Å². The van der Waals surface area contributed by atoms with Gasteiger partial charge in [-0.25, -0.2) is 8.78 Å². The fraction of sp³-hybridized carbons (Fsp3) is 0.519. The van der Waals surface area contributed by atoms with Gasteiger partial charge in [-0.05, 0) is 37.7 Å². The Hall–Kier alpha value is -2.34. The van der Waals surface area contributed by atoms with Gasteiger partial charge in [0.05, 0.1) is 17.3 Å². The van der Waals surface area contributed by atoms with E-state index in [0.29, 0.717) is 22.0 Å². The van der Waals surface area contributed by atoms with Crippen molar-refractivity contribution in [1.29, 1.82) is 0 Å². The number of rotatable bonds is 5. The minimum absolute atomic E-state index is 0.0209. The molecule has 0 bridgehead atoms. The number of benzene rings is 2. The summed E-state index contributed by atoms with van der Waals surface area (Å²) >= 11 is 6.72. The number of nitrogens with one attached hydrogen (secondary N) is 3. The number of carbonyl (C=O) groups is 1. The van der Waals surface area contributed by atoms with E-state index in [1.54, 1.807) is 6.07 Å². The highest BCUT2D eigenvalue weighted by Gasteiger charge is 2.53. The first-order valence-corrected chi connectivity index (χ1v) is 13.0. The van der Waals surface area contributed by atoms with Crippen molar-refractivity contribution in [2.75, 3.05) is 10.6 Å². The minimum Gasteiger partial charge on any atom is -0.357 e. The van der Waals surface area contributed by atoms with E-state index in [4.69, 9.17) is 11.6 Å². The lowest BCUT2D eigenvalue weighted by molar-refractivity contribution is -0.130. The molecule has 0 saturated heterocycles. The molecule has 1 amide bonds. The monoisotopic (exact) mass is 487 g/mol. The Labute approximate surface area is 204 Å². The van der Waals surface area contributed by atoms with E-state index in [1.807, 2.05) is 18.2 Å². The Balaban J connectivity index is 1.60. The zero-order valence-corrected chi connectivity index (χ0v) is 20.1. The summed E-state index contributed by atoms with van der Waals surface area (Å²) < 4.78 is 28.4. The second kappa shape index (κ2) is 9.73. The molecule has 1 unspecified atom stereocenters. The summed E-state index contributed by atoms with van der Waals surface area (Å²) in [5.74, 6) is -2.27. The van der Waals surface area contributed by atoms with Crippen LogP contribution in [0.2, 0.25) is 5.02 Å². The lowest BCUT2D eigenvalue weighted by Crippen LogP contribution is -2.57. The summed E-state index contributed by atoms with van der Waals surface area (Å²) in [6.45, 7) is 0. The van der Waals surface area contributed by atoms with Crippen molar-refractivity contribution in [2.24, 2.45) is 11.8 Å². The Morgan fingerprint density at radius 1 is 0.912 bits per heavy atom. The Morgan fingerprint density at radius 2 is 1.47 bits per heavy atom. The van der Waals surface area contributed by atoms with Gasteiger partial charge in [0.15, 0.2) is 11.6 Å². The molecule has 2 fully saturated rings. The van der Waals surface area contributed by atoms with Gasteiger partial charge in [-0.1, -0.05) is 68.3 Å². The molecule has 0 aromatic heterocycles. The van der Waals surface area contributed by atoms with Gasteiger partial charge in [-0.15, -0.1) is 0 Å². The summed E-state index contributed by atoms with van der Waals surface area (Å²) in [6, 6.07) is 9.90. The van der Waals surface area contributed by atoms with Crippen molar-refractivity contribution in [3.63, 3.8) is 0 Å². The molecule has 4 nitrogen and oxygen atoms in total. The number of hydrogen-bond donors (Lipinski definition) is 3. The molecule has 7 heteroatoms. The molecule has 0 spiro atoms. The molecule has 2 aromatic rings. The topological polar surface area (TPSA) is 53.2 Å². The first-order chi connectivity index (χ1) is 16.5. The second-order valence-corrected chi connectivity index (χ2v) is 10.5. The van der Waals surface area contributed by atoms with Crippen molar-refractivity contribution < 1.29 is 13.6 Å². The third-order valence-corrected chi connectivity index (χ3v) is 8.17. The van der Waals surface area contributed by atoms with Crippen LogP contribution in [-0.4, -0.2) is 11.9 Å². The number of hydrogen-bond acceptors (Lipinski definition) is 3. The first kappa shape index (κ1) is 23.4. The molecule has 2 aliphatic carbocycles. The minimum atomic E-state index is -1.11. The molecule has 1 atom stereocenters. The lowest BCUT2D eigenvalue weighted by atomic mass is 9.71. The van der Waals surface area contributed by atoms with Crippen molar-refractivity contribution in [3.05, 3.63) is 58.6 Å². The van der Waals surface area contributed by atoms with Crippen LogP contribution in [0, 0.1) is 23.5 Å². The largest absolute Gasteiger partial charge is 0.357 e. The van der Waals surface area contributed by atoms with Crippen molar-refractivity contribution >= 4 is 28.9 Å². The van der Waals surface area contributed by atoms with Crippen LogP contribution in [-0.2, 0) is 10.5 Å². The third kappa shape index (κ3) is 4.37. The molecule has 2 saturated carbocycles. The highest BCUT2D eigenvalue weighted by atomic mass is 35.5. The summed E-state index contributed by atoms with van der Waals surface area (Å²) in [5.41, 5.74) is 0.472. The predicted molar refractivity (Wildman–Crippen MR) is 132 cm³/mol. The van der Waals surface area contributed by atoms with E-state index in [0.717, 1.165) is 69.9 Å². The number of fused-ring (bicyclic) bond motifs is 1. The summed E-state index contributed by atoms with van der Waals surface area (Å²) in [6.07, 6.45) is 10.6. The van der Waals surface area contributed by atoms with Gasteiger partial charge in [-0.3, -0.25) is 4.79 Å². The van der Waals surface area contributed by atoms with Crippen LogP contribution in [0.1, 0.15) is 69.8 Å². The summed E-state index contributed by atoms with van der Waals surface area (Å²) in [7, 11) is 0. The molecule has 0 radical (unpaired) electrons. The van der Waals surface area contributed by atoms with E-state index < -0.39 is 23.2 Å². The quantitative estimate of drug-likeness (QED) is 0.427. The maximum atomic E-state index is 14.2. The second-order valence-electron chi connectivity index (χ2n) is 10.1. The zero-order chi connectivity index (χ0) is 23.7.